The quantitative estimate of drug-likeness (QED) is 0.700. The van der Waals surface area contributed by atoms with Crippen molar-refractivity contribution in [3.8, 4) is 0 Å². The van der Waals surface area contributed by atoms with Gasteiger partial charge in [-0.15, -0.1) is 0 Å². The van der Waals surface area contributed by atoms with E-state index in [4.69, 9.17) is 4.74 Å². The first-order chi connectivity index (χ1) is 14.5. The van der Waals surface area contributed by atoms with Crippen molar-refractivity contribution >= 4 is 28.9 Å². The van der Waals surface area contributed by atoms with Crippen LogP contribution in [0.5, 0.6) is 0 Å². The van der Waals surface area contributed by atoms with Gasteiger partial charge >= 0.3 is 0 Å². The second kappa shape index (κ2) is 10.8. The summed E-state index contributed by atoms with van der Waals surface area (Å²) in [6, 6.07) is 15.6. The maximum atomic E-state index is 12.3. The summed E-state index contributed by atoms with van der Waals surface area (Å²) in [5.74, 6) is -0.300. The summed E-state index contributed by atoms with van der Waals surface area (Å²) < 4.78 is 5.37. The molecule has 0 aliphatic carbocycles. The normalized spacial score (nSPS) is 13.9. The third-order valence-corrected chi connectivity index (χ3v) is 4.97. The van der Waals surface area contributed by atoms with Gasteiger partial charge in [0, 0.05) is 30.2 Å². The van der Waals surface area contributed by atoms with Crippen LogP contribution in [-0.4, -0.2) is 63.2 Å². The number of carbonyl (C=O) groups is 2. The molecule has 1 saturated heterocycles. The molecule has 0 unspecified atom stereocenters. The minimum Gasteiger partial charge on any atom is -0.378 e. The number of aryl methyl sites for hydroxylation is 1. The van der Waals surface area contributed by atoms with Gasteiger partial charge in [0.25, 0.3) is 0 Å². The number of rotatable bonds is 8. The average molecular weight is 411 g/mol. The van der Waals surface area contributed by atoms with Gasteiger partial charge in [0.1, 0.15) is 0 Å². The summed E-state index contributed by atoms with van der Waals surface area (Å²) in [5, 5.41) is 5.77. The number of benzene rings is 2. The minimum absolute atomic E-state index is 0.133. The summed E-state index contributed by atoms with van der Waals surface area (Å²) in [4.78, 5) is 28.5. The molecule has 7 heteroatoms. The molecule has 1 aliphatic heterocycles. The van der Waals surface area contributed by atoms with Crippen LogP contribution in [0.15, 0.2) is 48.5 Å². The lowest BCUT2D eigenvalue weighted by Gasteiger charge is -2.28. The summed E-state index contributed by atoms with van der Waals surface area (Å²) >= 11 is 0. The minimum atomic E-state index is -0.155. The van der Waals surface area contributed by atoms with E-state index in [1.165, 1.54) is 5.56 Å². The van der Waals surface area contributed by atoms with Crippen LogP contribution in [0.25, 0.3) is 0 Å². The number of amides is 2. The number of likely N-dealkylation sites (N-methyl/N-ethyl adjacent to an activating group) is 1. The van der Waals surface area contributed by atoms with E-state index < -0.39 is 0 Å². The van der Waals surface area contributed by atoms with E-state index in [1.807, 2.05) is 48.5 Å². The van der Waals surface area contributed by atoms with Gasteiger partial charge in [-0.1, -0.05) is 19.1 Å². The Morgan fingerprint density at radius 1 is 0.967 bits per heavy atom. The topological polar surface area (TPSA) is 73.9 Å². The number of morpholine rings is 1. The van der Waals surface area contributed by atoms with Crippen molar-refractivity contribution < 1.29 is 14.3 Å². The number of carbonyl (C=O) groups excluding carboxylic acids is 2. The fraction of sp³-hybridized carbons (Fsp3) is 0.391. The predicted molar refractivity (Wildman–Crippen MR) is 120 cm³/mol. The molecule has 1 heterocycles. The molecule has 0 radical (unpaired) electrons. The van der Waals surface area contributed by atoms with Gasteiger partial charge in [-0.25, -0.2) is 0 Å². The Labute approximate surface area is 178 Å². The van der Waals surface area contributed by atoms with Crippen LogP contribution < -0.4 is 15.5 Å². The first kappa shape index (κ1) is 21.8. The zero-order chi connectivity index (χ0) is 21.3. The van der Waals surface area contributed by atoms with Crippen LogP contribution in [0.4, 0.5) is 17.1 Å². The lowest BCUT2D eigenvalue weighted by atomic mass is 10.1. The Morgan fingerprint density at radius 2 is 1.60 bits per heavy atom. The van der Waals surface area contributed by atoms with Crippen molar-refractivity contribution in [2.24, 2.45) is 0 Å². The largest absolute Gasteiger partial charge is 0.378 e. The van der Waals surface area contributed by atoms with Gasteiger partial charge in [-0.2, -0.15) is 0 Å². The predicted octanol–water partition coefficient (Wildman–Crippen LogP) is 2.59. The third kappa shape index (κ3) is 6.57. The molecule has 7 nitrogen and oxygen atoms in total. The fourth-order valence-corrected chi connectivity index (χ4v) is 3.39. The van der Waals surface area contributed by atoms with Crippen molar-refractivity contribution in [3.63, 3.8) is 0 Å². The Kier molecular flexibility index (Phi) is 7.82. The van der Waals surface area contributed by atoms with Crippen LogP contribution in [0.3, 0.4) is 0 Å². The number of ether oxygens (including phenoxy) is 1. The molecule has 30 heavy (non-hydrogen) atoms. The molecule has 2 N–H and O–H groups in total. The number of hydrogen-bond acceptors (Lipinski definition) is 5. The Balaban J connectivity index is 1.44. The smallest absolute Gasteiger partial charge is 0.238 e. The first-order valence-corrected chi connectivity index (χ1v) is 10.3. The number of anilines is 3. The molecule has 1 aliphatic rings. The highest BCUT2D eigenvalue weighted by molar-refractivity contribution is 5.94. The molecule has 0 aromatic heterocycles. The molecule has 0 bridgehead atoms. The second-order valence-electron chi connectivity index (χ2n) is 7.47. The SMILES string of the molecule is CCc1cccc(NC(=O)CN(C)CC(=O)Nc2ccc(N3CCOCC3)cc2)c1. The molecule has 1 fully saturated rings. The highest BCUT2D eigenvalue weighted by Crippen LogP contribution is 2.19. The highest BCUT2D eigenvalue weighted by Gasteiger charge is 2.13. The van der Waals surface area contributed by atoms with Gasteiger partial charge < -0.3 is 20.3 Å². The van der Waals surface area contributed by atoms with Crippen molar-refractivity contribution in [2.45, 2.75) is 13.3 Å². The molecular weight excluding hydrogens is 380 g/mol. The number of hydrogen-bond donors (Lipinski definition) is 2. The monoisotopic (exact) mass is 410 g/mol. The Bertz CT molecular complexity index is 848. The summed E-state index contributed by atoms with van der Waals surface area (Å²) in [7, 11) is 1.75. The van der Waals surface area contributed by atoms with E-state index in [2.05, 4.69) is 22.5 Å². The van der Waals surface area contributed by atoms with E-state index in [0.717, 1.165) is 49.8 Å². The highest BCUT2D eigenvalue weighted by atomic mass is 16.5. The fourth-order valence-electron chi connectivity index (χ4n) is 3.39. The van der Waals surface area contributed by atoms with Crippen LogP contribution >= 0.6 is 0 Å². The van der Waals surface area contributed by atoms with Gasteiger partial charge in [0.05, 0.1) is 26.3 Å². The molecule has 3 rings (SSSR count). The molecule has 0 spiro atoms. The van der Waals surface area contributed by atoms with Crippen LogP contribution in [-0.2, 0) is 20.7 Å². The van der Waals surface area contributed by atoms with E-state index >= 15 is 0 Å². The van der Waals surface area contributed by atoms with Crippen molar-refractivity contribution in [3.05, 3.63) is 54.1 Å². The van der Waals surface area contributed by atoms with Gasteiger partial charge in [0.15, 0.2) is 0 Å². The van der Waals surface area contributed by atoms with E-state index in [0.29, 0.717) is 0 Å². The third-order valence-electron chi connectivity index (χ3n) is 4.97. The standard InChI is InChI=1S/C23H30N4O3/c1-3-18-5-4-6-20(15-18)25-23(29)17-26(2)16-22(28)24-19-7-9-21(10-8-19)27-11-13-30-14-12-27/h4-10,15H,3,11-14,16-17H2,1-2H3,(H,24,28)(H,25,29). The maximum absolute atomic E-state index is 12.3. The van der Waals surface area contributed by atoms with Crippen molar-refractivity contribution in [1.82, 2.24) is 4.90 Å². The van der Waals surface area contributed by atoms with Gasteiger partial charge in [0.2, 0.25) is 11.8 Å². The lowest BCUT2D eigenvalue weighted by molar-refractivity contribution is -0.119. The molecule has 2 aromatic carbocycles. The zero-order valence-electron chi connectivity index (χ0n) is 17.7. The lowest BCUT2D eigenvalue weighted by Crippen LogP contribution is -2.36. The van der Waals surface area contributed by atoms with Gasteiger partial charge in [-0.3, -0.25) is 14.5 Å². The van der Waals surface area contributed by atoms with E-state index in [9.17, 15) is 9.59 Å². The average Bonchev–Trinajstić information content (AvgIpc) is 2.74. The molecular formula is C23H30N4O3. The van der Waals surface area contributed by atoms with Crippen molar-refractivity contribution in [2.75, 3.05) is 62.0 Å². The van der Waals surface area contributed by atoms with Crippen LogP contribution in [0, 0.1) is 0 Å². The summed E-state index contributed by atoms with van der Waals surface area (Å²) in [6.45, 7) is 5.57. The second-order valence-corrected chi connectivity index (χ2v) is 7.47. The molecule has 2 aromatic rings. The Hall–Kier alpha value is -2.90. The molecule has 0 saturated carbocycles. The van der Waals surface area contributed by atoms with E-state index in [1.54, 1.807) is 11.9 Å². The Morgan fingerprint density at radius 3 is 2.23 bits per heavy atom. The maximum Gasteiger partial charge on any atom is 0.238 e. The van der Waals surface area contributed by atoms with Crippen LogP contribution in [0.1, 0.15) is 12.5 Å². The molecule has 0 atom stereocenters. The molecule has 2 amide bonds. The van der Waals surface area contributed by atoms with E-state index in [-0.39, 0.29) is 24.9 Å². The van der Waals surface area contributed by atoms with Gasteiger partial charge in [-0.05, 0) is 55.4 Å². The number of nitrogens with zero attached hydrogens (tertiary/aromatic N) is 2. The zero-order valence-corrected chi connectivity index (χ0v) is 17.7. The summed E-state index contributed by atoms with van der Waals surface area (Å²) in [6.07, 6.45) is 0.914. The number of nitrogens with one attached hydrogen (secondary N) is 2. The van der Waals surface area contributed by atoms with Crippen LogP contribution in [0.2, 0.25) is 0 Å². The van der Waals surface area contributed by atoms with Crippen molar-refractivity contribution in [1.29, 1.82) is 0 Å². The molecule has 160 valence electrons. The summed E-state index contributed by atoms with van der Waals surface area (Å²) in [5.41, 5.74) is 3.81. The first-order valence-electron chi connectivity index (χ1n) is 10.3.